The van der Waals surface area contributed by atoms with Gasteiger partial charge in [-0.3, -0.25) is 0 Å². The molecule has 0 fully saturated rings. The van der Waals surface area contributed by atoms with E-state index in [4.69, 9.17) is 4.74 Å². The number of alkyl halides is 3. The third kappa shape index (κ3) is 4.59. The Labute approximate surface area is 136 Å². The van der Waals surface area contributed by atoms with Crippen molar-refractivity contribution in [3.8, 4) is 5.75 Å². The Morgan fingerprint density at radius 1 is 1.26 bits per heavy atom. The Morgan fingerprint density at radius 2 is 1.91 bits per heavy atom. The molecule has 1 N–H and O–H groups in total. The monoisotopic (exact) mass is 345 g/mol. The number of hydrogen-bond donors (Lipinski definition) is 1. The van der Waals surface area contributed by atoms with Crippen molar-refractivity contribution in [2.24, 2.45) is 0 Å². The smallest absolute Gasteiger partial charge is 0.427 e. The molecule has 126 valence electrons. The van der Waals surface area contributed by atoms with E-state index in [2.05, 4.69) is 10.3 Å². The number of nitrogens with zero attached hydrogens (tertiary/aromatic N) is 2. The van der Waals surface area contributed by atoms with Gasteiger partial charge in [0.25, 0.3) is 0 Å². The van der Waals surface area contributed by atoms with Gasteiger partial charge >= 0.3 is 6.18 Å². The number of anilines is 1. The standard InChI is InChI=1S/C15H18F3N3OS/c1-21(2)12(10-4-6-11(22-3)7-5-10)8-19-14-20-9-13(23-14)15(16,17)18/h4-7,9,12H,8H2,1-3H3,(H,19,20). The molecule has 2 rings (SSSR count). The van der Waals surface area contributed by atoms with Crippen molar-refractivity contribution in [1.82, 2.24) is 9.88 Å². The number of likely N-dealkylation sites (N-methyl/N-ethyl adjacent to an activating group) is 1. The number of halogens is 3. The molecule has 1 aromatic heterocycles. The Kier molecular flexibility index (Phi) is 5.48. The molecule has 0 aliphatic rings. The van der Waals surface area contributed by atoms with Crippen molar-refractivity contribution >= 4 is 16.5 Å². The maximum absolute atomic E-state index is 12.6. The summed E-state index contributed by atoms with van der Waals surface area (Å²) in [6, 6.07) is 7.59. The van der Waals surface area contributed by atoms with E-state index in [0.717, 1.165) is 17.5 Å². The van der Waals surface area contributed by atoms with Crippen LogP contribution in [0.4, 0.5) is 18.3 Å². The van der Waals surface area contributed by atoms with Gasteiger partial charge in [0, 0.05) is 6.54 Å². The lowest BCUT2D eigenvalue weighted by Gasteiger charge is -2.25. The van der Waals surface area contributed by atoms with Gasteiger partial charge in [-0.1, -0.05) is 23.5 Å². The van der Waals surface area contributed by atoms with Crippen molar-refractivity contribution in [2.75, 3.05) is 33.1 Å². The Bertz CT molecular complexity index is 626. The van der Waals surface area contributed by atoms with E-state index < -0.39 is 11.1 Å². The van der Waals surface area contributed by atoms with E-state index in [1.54, 1.807) is 7.11 Å². The van der Waals surface area contributed by atoms with Gasteiger partial charge in [-0.05, 0) is 31.8 Å². The normalized spacial score (nSPS) is 13.2. The van der Waals surface area contributed by atoms with Gasteiger partial charge in [0.15, 0.2) is 5.13 Å². The molecule has 0 radical (unpaired) electrons. The lowest BCUT2D eigenvalue weighted by atomic mass is 10.1. The number of benzene rings is 1. The number of rotatable bonds is 6. The van der Waals surface area contributed by atoms with Gasteiger partial charge in [0.1, 0.15) is 10.6 Å². The topological polar surface area (TPSA) is 37.4 Å². The van der Waals surface area contributed by atoms with Crippen molar-refractivity contribution in [3.05, 3.63) is 40.9 Å². The molecule has 0 aliphatic heterocycles. The fourth-order valence-electron chi connectivity index (χ4n) is 2.10. The van der Waals surface area contributed by atoms with Crippen LogP contribution in [0.1, 0.15) is 16.5 Å². The summed E-state index contributed by atoms with van der Waals surface area (Å²) in [7, 11) is 5.43. The zero-order valence-corrected chi connectivity index (χ0v) is 13.8. The molecule has 23 heavy (non-hydrogen) atoms. The highest BCUT2D eigenvalue weighted by atomic mass is 32.1. The van der Waals surface area contributed by atoms with E-state index in [1.165, 1.54) is 0 Å². The van der Waals surface area contributed by atoms with E-state index in [9.17, 15) is 13.2 Å². The van der Waals surface area contributed by atoms with Gasteiger partial charge in [-0.15, -0.1) is 0 Å². The number of thiazole rings is 1. The number of aromatic nitrogens is 1. The van der Waals surface area contributed by atoms with Crippen LogP contribution in [0.2, 0.25) is 0 Å². The average molecular weight is 345 g/mol. The van der Waals surface area contributed by atoms with Crippen molar-refractivity contribution in [2.45, 2.75) is 12.2 Å². The molecule has 0 aliphatic carbocycles. The predicted octanol–water partition coefficient (Wildman–Crippen LogP) is 3.89. The van der Waals surface area contributed by atoms with Crippen LogP contribution in [-0.4, -0.2) is 37.6 Å². The third-order valence-corrected chi connectivity index (χ3v) is 4.36. The second-order valence-electron chi connectivity index (χ2n) is 5.16. The molecule has 0 saturated carbocycles. The molecule has 0 saturated heterocycles. The van der Waals surface area contributed by atoms with Crippen LogP contribution < -0.4 is 10.1 Å². The lowest BCUT2D eigenvalue weighted by Crippen LogP contribution is -2.26. The first-order valence-corrected chi connectivity index (χ1v) is 7.70. The van der Waals surface area contributed by atoms with E-state index in [0.29, 0.717) is 17.9 Å². The summed E-state index contributed by atoms with van der Waals surface area (Å²) in [5.41, 5.74) is 1.04. The minimum Gasteiger partial charge on any atom is -0.497 e. The highest BCUT2D eigenvalue weighted by Gasteiger charge is 2.33. The molecule has 1 unspecified atom stereocenters. The minimum atomic E-state index is -4.35. The first kappa shape index (κ1) is 17.6. The Balaban J connectivity index is 2.06. The predicted molar refractivity (Wildman–Crippen MR) is 85.0 cm³/mol. The summed E-state index contributed by atoms with van der Waals surface area (Å²) in [5, 5.41) is 3.24. The molecule has 4 nitrogen and oxygen atoms in total. The highest BCUT2D eigenvalue weighted by molar-refractivity contribution is 7.15. The highest BCUT2D eigenvalue weighted by Crippen LogP contribution is 2.35. The van der Waals surface area contributed by atoms with Crippen molar-refractivity contribution in [3.63, 3.8) is 0 Å². The number of hydrogen-bond acceptors (Lipinski definition) is 5. The van der Waals surface area contributed by atoms with Gasteiger partial charge < -0.3 is 15.0 Å². The maximum Gasteiger partial charge on any atom is 0.427 e. The third-order valence-electron chi connectivity index (χ3n) is 3.36. The molecule has 2 aromatic rings. The SMILES string of the molecule is COc1ccc(C(CNc2ncc(C(F)(F)F)s2)N(C)C)cc1. The summed E-state index contributed by atoms with van der Waals surface area (Å²) >= 11 is 0.609. The second-order valence-corrected chi connectivity index (χ2v) is 6.19. The molecule has 1 heterocycles. The van der Waals surface area contributed by atoms with E-state index in [-0.39, 0.29) is 11.2 Å². The largest absolute Gasteiger partial charge is 0.497 e. The number of nitrogens with one attached hydrogen (secondary N) is 1. The summed E-state index contributed by atoms with van der Waals surface area (Å²) in [5.74, 6) is 0.758. The molecule has 0 spiro atoms. The Hall–Kier alpha value is -1.80. The van der Waals surface area contributed by atoms with E-state index >= 15 is 0 Å². The number of methoxy groups -OCH3 is 1. The Morgan fingerprint density at radius 3 is 2.39 bits per heavy atom. The molecule has 8 heteroatoms. The summed E-state index contributed by atoms with van der Waals surface area (Å²) in [6.07, 6.45) is -3.50. The van der Waals surface area contributed by atoms with Crippen LogP contribution >= 0.6 is 11.3 Å². The molecular formula is C15H18F3N3OS. The van der Waals surface area contributed by atoms with Gasteiger partial charge in [-0.25, -0.2) is 4.98 Å². The van der Waals surface area contributed by atoms with E-state index in [1.807, 2.05) is 43.3 Å². The van der Waals surface area contributed by atoms with Crippen LogP contribution in [0.15, 0.2) is 30.5 Å². The van der Waals surface area contributed by atoms with Gasteiger partial charge in [0.2, 0.25) is 0 Å². The van der Waals surface area contributed by atoms with Gasteiger partial charge in [0.05, 0.1) is 19.3 Å². The summed E-state index contributed by atoms with van der Waals surface area (Å²) < 4.78 is 42.9. The van der Waals surface area contributed by atoms with Crippen LogP contribution in [0.5, 0.6) is 5.75 Å². The van der Waals surface area contributed by atoms with Crippen molar-refractivity contribution in [1.29, 1.82) is 0 Å². The molecular weight excluding hydrogens is 327 g/mol. The molecule has 0 bridgehead atoms. The first-order chi connectivity index (χ1) is 10.8. The van der Waals surface area contributed by atoms with Gasteiger partial charge in [-0.2, -0.15) is 13.2 Å². The number of ether oxygens (including phenoxy) is 1. The zero-order valence-electron chi connectivity index (χ0n) is 13.0. The minimum absolute atomic E-state index is 0.000794. The van der Waals surface area contributed by atoms with Crippen LogP contribution in [0, 0.1) is 0 Å². The summed E-state index contributed by atoms with van der Waals surface area (Å²) in [4.78, 5) is 5.07. The molecule has 1 atom stereocenters. The quantitative estimate of drug-likeness (QED) is 0.862. The average Bonchev–Trinajstić information content (AvgIpc) is 2.97. The fourth-order valence-corrected chi connectivity index (χ4v) is 2.79. The van der Waals surface area contributed by atoms with Crippen molar-refractivity contribution < 1.29 is 17.9 Å². The molecule has 1 aromatic carbocycles. The van der Waals surface area contributed by atoms with Crippen LogP contribution in [-0.2, 0) is 6.18 Å². The second kappa shape index (κ2) is 7.18. The molecule has 0 amide bonds. The van der Waals surface area contributed by atoms with Crippen LogP contribution in [0.25, 0.3) is 0 Å². The summed E-state index contributed by atoms with van der Waals surface area (Å²) in [6.45, 7) is 0.449. The lowest BCUT2D eigenvalue weighted by molar-refractivity contribution is -0.134. The fraction of sp³-hybridized carbons (Fsp3) is 0.400. The van der Waals surface area contributed by atoms with Crippen LogP contribution in [0.3, 0.4) is 0 Å². The zero-order chi connectivity index (χ0) is 17.0. The maximum atomic E-state index is 12.6. The first-order valence-electron chi connectivity index (χ1n) is 6.88.